The van der Waals surface area contributed by atoms with Crippen molar-refractivity contribution in [3.63, 3.8) is 0 Å². The van der Waals surface area contributed by atoms with Crippen molar-refractivity contribution in [2.24, 2.45) is 0 Å². The average molecular weight is 195 g/mol. The van der Waals surface area contributed by atoms with Gasteiger partial charge in [-0.2, -0.15) is 0 Å². The molecule has 1 rings (SSSR count). The van der Waals surface area contributed by atoms with Crippen LogP contribution in [0.1, 0.15) is 19.4 Å². The van der Waals surface area contributed by atoms with Gasteiger partial charge < -0.3 is 0 Å². The molecular weight excluding hydrogens is 182 g/mol. The highest BCUT2D eigenvalue weighted by atomic mass is 32.1. The van der Waals surface area contributed by atoms with Crippen LogP contribution in [0.25, 0.3) is 0 Å². The molecule has 0 bridgehead atoms. The van der Waals surface area contributed by atoms with E-state index in [2.05, 4.69) is 5.48 Å². The van der Waals surface area contributed by atoms with Crippen molar-refractivity contribution in [2.45, 2.75) is 20.0 Å². The molecule has 0 aliphatic carbocycles. The van der Waals surface area contributed by atoms with Gasteiger partial charge in [0.1, 0.15) is 4.99 Å². The predicted octanol–water partition coefficient (Wildman–Crippen LogP) is 2.29. The van der Waals surface area contributed by atoms with Gasteiger partial charge in [0.25, 0.3) is 0 Å². The van der Waals surface area contributed by atoms with Crippen LogP contribution in [0.4, 0.5) is 0 Å². The molecule has 0 amide bonds. The molecule has 2 nitrogen and oxygen atoms in total. The topological polar surface area (TPSA) is 21.3 Å². The Kier molecular flexibility index (Phi) is 3.86. The molecule has 3 heteroatoms. The Hall–Kier alpha value is -0.930. The number of hydrogen-bond acceptors (Lipinski definition) is 2. The molecule has 1 N–H and O–H groups in total. The van der Waals surface area contributed by atoms with Crippen molar-refractivity contribution in [1.82, 2.24) is 5.48 Å². The second-order valence-electron chi connectivity index (χ2n) is 2.96. The maximum atomic E-state index is 5.17. The van der Waals surface area contributed by atoms with E-state index in [4.69, 9.17) is 17.1 Å². The standard InChI is InChI=1S/C10H13NOS/c1-8(2)12-11-10(13)9-6-4-3-5-7-9/h3-8H,1-2H3,(H,11,13). The Labute approximate surface area is 83.9 Å². The summed E-state index contributed by atoms with van der Waals surface area (Å²) in [5.74, 6) is 0. The van der Waals surface area contributed by atoms with Crippen molar-refractivity contribution in [3.05, 3.63) is 35.9 Å². The zero-order chi connectivity index (χ0) is 9.68. The summed E-state index contributed by atoms with van der Waals surface area (Å²) in [6.45, 7) is 3.89. The number of hydroxylamine groups is 1. The van der Waals surface area contributed by atoms with E-state index >= 15 is 0 Å². The SMILES string of the molecule is CC(C)ONC(=S)c1ccccc1. The van der Waals surface area contributed by atoms with E-state index in [1.807, 2.05) is 44.2 Å². The van der Waals surface area contributed by atoms with Crippen molar-refractivity contribution in [1.29, 1.82) is 0 Å². The summed E-state index contributed by atoms with van der Waals surface area (Å²) in [5.41, 5.74) is 3.70. The van der Waals surface area contributed by atoms with Gasteiger partial charge in [-0.15, -0.1) is 0 Å². The molecule has 70 valence electrons. The molecule has 0 aliphatic heterocycles. The first kappa shape index (κ1) is 10.2. The Balaban J connectivity index is 2.50. The maximum Gasteiger partial charge on any atom is 0.130 e. The number of thiocarbonyl (C=S) groups is 1. The lowest BCUT2D eigenvalue weighted by atomic mass is 10.2. The molecule has 13 heavy (non-hydrogen) atoms. The van der Waals surface area contributed by atoms with Crippen LogP contribution in [0.5, 0.6) is 0 Å². The van der Waals surface area contributed by atoms with E-state index in [1.54, 1.807) is 0 Å². The highest BCUT2D eigenvalue weighted by Crippen LogP contribution is 1.99. The molecule has 0 aliphatic rings. The van der Waals surface area contributed by atoms with Gasteiger partial charge in [0, 0.05) is 5.56 Å². The largest absolute Gasteiger partial charge is 0.273 e. The Morgan fingerprint density at radius 1 is 1.31 bits per heavy atom. The second-order valence-corrected chi connectivity index (χ2v) is 3.37. The van der Waals surface area contributed by atoms with Gasteiger partial charge in [0.15, 0.2) is 0 Å². The minimum Gasteiger partial charge on any atom is -0.273 e. The molecular formula is C10H13NOS. The van der Waals surface area contributed by atoms with Gasteiger partial charge in [0.05, 0.1) is 6.10 Å². The van der Waals surface area contributed by atoms with Gasteiger partial charge >= 0.3 is 0 Å². The minimum absolute atomic E-state index is 0.127. The molecule has 0 unspecified atom stereocenters. The lowest BCUT2D eigenvalue weighted by molar-refractivity contribution is 0.0350. The Bertz CT molecular complexity index is 272. The lowest BCUT2D eigenvalue weighted by Gasteiger charge is -2.10. The fourth-order valence-corrected chi connectivity index (χ4v) is 1.00. The van der Waals surface area contributed by atoms with Crippen LogP contribution >= 0.6 is 12.2 Å². The first-order valence-corrected chi connectivity index (χ1v) is 4.62. The molecule has 1 aromatic rings. The van der Waals surface area contributed by atoms with Gasteiger partial charge in [-0.1, -0.05) is 42.5 Å². The maximum absolute atomic E-state index is 5.17. The molecule has 0 aromatic heterocycles. The highest BCUT2D eigenvalue weighted by molar-refractivity contribution is 7.80. The van der Waals surface area contributed by atoms with Crippen LogP contribution in [-0.2, 0) is 4.84 Å². The second kappa shape index (κ2) is 4.94. The van der Waals surface area contributed by atoms with Crippen molar-refractivity contribution in [2.75, 3.05) is 0 Å². The van der Waals surface area contributed by atoms with Gasteiger partial charge in [0.2, 0.25) is 0 Å². The third-order valence-corrected chi connectivity index (χ3v) is 1.74. The average Bonchev–Trinajstić information content (AvgIpc) is 2.15. The van der Waals surface area contributed by atoms with Crippen molar-refractivity contribution in [3.8, 4) is 0 Å². The number of hydrogen-bond donors (Lipinski definition) is 1. The Morgan fingerprint density at radius 2 is 1.92 bits per heavy atom. The van der Waals surface area contributed by atoms with Crippen LogP contribution in [0.15, 0.2) is 30.3 Å². The Morgan fingerprint density at radius 3 is 2.46 bits per heavy atom. The molecule has 0 radical (unpaired) electrons. The quantitative estimate of drug-likeness (QED) is 0.590. The summed E-state index contributed by atoms with van der Waals surface area (Å²) in [7, 11) is 0. The van der Waals surface area contributed by atoms with Gasteiger partial charge in [-0.25, -0.2) is 0 Å². The van der Waals surface area contributed by atoms with Crippen LogP contribution < -0.4 is 5.48 Å². The van der Waals surface area contributed by atoms with E-state index < -0.39 is 0 Å². The summed E-state index contributed by atoms with van der Waals surface area (Å²) >= 11 is 5.10. The number of benzene rings is 1. The third kappa shape index (κ3) is 3.53. The zero-order valence-electron chi connectivity index (χ0n) is 7.78. The van der Waals surface area contributed by atoms with Crippen molar-refractivity contribution >= 4 is 17.2 Å². The molecule has 0 heterocycles. The van der Waals surface area contributed by atoms with E-state index in [0.29, 0.717) is 4.99 Å². The smallest absolute Gasteiger partial charge is 0.130 e. The van der Waals surface area contributed by atoms with E-state index in [1.165, 1.54) is 0 Å². The molecule has 1 aromatic carbocycles. The summed E-state index contributed by atoms with van der Waals surface area (Å²) < 4.78 is 0. The lowest BCUT2D eigenvalue weighted by Crippen LogP contribution is -2.25. The summed E-state index contributed by atoms with van der Waals surface area (Å²) in [5, 5.41) is 0. The predicted molar refractivity (Wildman–Crippen MR) is 57.5 cm³/mol. The van der Waals surface area contributed by atoms with Crippen LogP contribution in [0.2, 0.25) is 0 Å². The third-order valence-electron chi connectivity index (χ3n) is 1.42. The molecule has 0 fully saturated rings. The number of rotatable bonds is 3. The van der Waals surface area contributed by atoms with Crippen LogP contribution in [0, 0.1) is 0 Å². The van der Waals surface area contributed by atoms with E-state index in [9.17, 15) is 0 Å². The minimum atomic E-state index is 0.127. The highest BCUT2D eigenvalue weighted by Gasteiger charge is 1.99. The number of nitrogens with one attached hydrogen (secondary N) is 1. The summed E-state index contributed by atoms with van der Waals surface area (Å²) in [6.07, 6.45) is 0.127. The normalized spacial score (nSPS) is 10.1. The molecule has 0 spiro atoms. The van der Waals surface area contributed by atoms with E-state index in [-0.39, 0.29) is 6.10 Å². The first-order chi connectivity index (χ1) is 6.20. The molecule has 0 atom stereocenters. The van der Waals surface area contributed by atoms with Gasteiger partial charge in [-0.3, -0.25) is 10.3 Å². The summed E-state index contributed by atoms with van der Waals surface area (Å²) in [6, 6.07) is 9.73. The molecule has 0 saturated heterocycles. The van der Waals surface area contributed by atoms with E-state index in [0.717, 1.165) is 5.56 Å². The van der Waals surface area contributed by atoms with Crippen LogP contribution in [0.3, 0.4) is 0 Å². The fraction of sp³-hybridized carbons (Fsp3) is 0.300. The van der Waals surface area contributed by atoms with Crippen molar-refractivity contribution < 1.29 is 4.84 Å². The zero-order valence-corrected chi connectivity index (χ0v) is 8.60. The molecule has 0 saturated carbocycles. The van der Waals surface area contributed by atoms with Gasteiger partial charge in [-0.05, 0) is 13.8 Å². The summed E-state index contributed by atoms with van der Waals surface area (Å²) in [4.78, 5) is 5.79. The fourth-order valence-electron chi connectivity index (χ4n) is 0.820. The first-order valence-electron chi connectivity index (χ1n) is 4.21. The monoisotopic (exact) mass is 195 g/mol. The van der Waals surface area contributed by atoms with Crippen LogP contribution in [-0.4, -0.2) is 11.1 Å².